The molecule has 202 valence electrons. The molecule has 0 aliphatic carbocycles. The maximum absolute atomic E-state index is 13.3. The summed E-state index contributed by atoms with van der Waals surface area (Å²) in [6.07, 6.45) is 7.75. The highest BCUT2D eigenvalue weighted by molar-refractivity contribution is 5.97. The average Bonchev–Trinajstić information content (AvgIpc) is 2.90. The predicted molar refractivity (Wildman–Crippen MR) is 159 cm³/mol. The van der Waals surface area contributed by atoms with Gasteiger partial charge in [-0.3, -0.25) is 9.80 Å². The molecule has 1 saturated heterocycles. The molecule has 0 unspecified atom stereocenters. The number of aliphatic hydroxyl groups is 1. The highest BCUT2D eigenvalue weighted by Crippen LogP contribution is 2.21. The molecule has 0 radical (unpaired) electrons. The van der Waals surface area contributed by atoms with E-state index in [9.17, 15) is 9.50 Å². The van der Waals surface area contributed by atoms with Crippen LogP contribution in [0.1, 0.15) is 37.8 Å². The highest BCUT2D eigenvalue weighted by atomic mass is 19.1. The van der Waals surface area contributed by atoms with Crippen molar-refractivity contribution in [1.29, 1.82) is 0 Å². The first kappa shape index (κ1) is 29.2. The number of likely N-dealkylation sites (tertiary alicyclic amines) is 1. The molecule has 5 nitrogen and oxygen atoms in total. The maximum Gasteiger partial charge on any atom is 0.123 e. The fraction of sp³-hybridized carbons (Fsp3) is 0.344. The molecule has 0 atom stereocenters. The monoisotopic (exact) mass is 516 g/mol. The van der Waals surface area contributed by atoms with Crippen LogP contribution < -0.4 is 5.32 Å². The lowest BCUT2D eigenvalue weighted by Gasteiger charge is -2.37. The Bertz CT molecular complexity index is 1160. The molecule has 0 spiro atoms. The van der Waals surface area contributed by atoms with E-state index in [-0.39, 0.29) is 12.4 Å². The Kier molecular flexibility index (Phi) is 11.2. The Morgan fingerprint density at radius 1 is 1.13 bits per heavy atom. The number of halogens is 1. The first-order valence-electron chi connectivity index (χ1n) is 13.2. The third kappa shape index (κ3) is 9.21. The van der Waals surface area contributed by atoms with E-state index in [0.29, 0.717) is 6.04 Å². The standard InChI is InChI=1S/C32H41FN4O/c1-6-7-32(28-10-12-29(33)13-11-28)35-26(4)34-30-14-8-27(9-15-30)22-37-18-16-31(17-19-37)36(5)21-24(2)20-25(3)23-38/h6-15,20,31,38H,1-2,16-19,21-23H2,3-5H3,(H,34,35)/b25-20-,32-7-. The van der Waals surface area contributed by atoms with E-state index in [1.165, 1.54) is 17.7 Å². The van der Waals surface area contributed by atoms with Crippen molar-refractivity contribution < 1.29 is 9.50 Å². The molecule has 38 heavy (non-hydrogen) atoms. The van der Waals surface area contributed by atoms with Gasteiger partial charge in [0.25, 0.3) is 0 Å². The van der Waals surface area contributed by atoms with Crippen molar-refractivity contribution in [2.45, 2.75) is 39.3 Å². The third-order valence-corrected chi connectivity index (χ3v) is 6.72. The number of nitrogens with zero attached hydrogens (tertiary/aromatic N) is 3. The molecular formula is C32H41FN4O. The van der Waals surface area contributed by atoms with Gasteiger partial charge in [-0.2, -0.15) is 0 Å². The van der Waals surface area contributed by atoms with Crippen molar-refractivity contribution in [3.05, 3.63) is 108 Å². The predicted octanol–water partition coefficient (Wildman–Crippen LogP) is 6.27. The second-order valence-corrected chi connectivity index (χ2v) is 10.0. The lowest BCUT2D eigenvalue weighted by molar-refractivity contribution is 0.130. The zero-order chi connectivity index (χ0) is 27.5. The number of aliphatic imine (C=N–C) groups is 1. The van der Waals surface area contributed by atoms with Crippen LogP contribution in [0.3, 0.4) is 0 Å². The number of amidine groups is 1. The quantitative estimate of drug-likeness (QED) is 0.210. The van der Waals surface area contributed by atoms with Gasteiger partial charge in [0, 0.05) is 30.4 Å². The van der Waals surface area contributed by atoms with E-state index in [0.717, 1.165) is 73.0 Å². The van der Waals surface area contributed by atoms with Gasteiger partial charge in [0.05, 0.1) is 12.3 Å². The number of likely N-dealkylation sites (N-methyl/N-ethyl adjacent to an activating group) is 1. The Labute approximate surface area is 227 Å². The number of anilines is 1. The summed E-state index contributed by atoms with van der Waals surface area (Å²) >= 11 is 0. The maximum atomic E-state index is 13.3. The van der Waals surface area contributed by atoms with Crippen LogP contribution in [-0.2, 0) is 6.54 Å². The van der Waals surface area contributed by atoms with Crippen LogP contribution in [0.25, 0.3) is 5.70 Å². The zero-order valence-electron chi connectivity index (χ0n) is 23.0. The molecule has 2 aromatic carbocycles. The second-order valence-electron chi connectivity index (χ2n) is 10.0. The van der Waals surface area contributed by atoms with Gasteiger partial charge in [0.15, 0.2) is 0 Å². The number of hydrogen-bond acceptors (Lipinski definition) is 4. The molecule has 1 aliphatic rings. The Hall–Kier alpha value is -3.32. The minimum Gasteiger partial charge on any atom is -0.392 e. The lowest BCUT2D eigenvalue weighted by atomic mass is 10.0. The third-order valence-electron chi connectivity index (χ3n) is 6.72. The molecule has 2 N–H and O–H groups in total. The molecule has 0 amide bonds. The summed E-state index contributed by atoms with van der Waals surface area (Å²) in [5.74, 6) is 0.470. The fourth-order valence-electron chi connectivity index (χ4n) is 4.71. The van der Waals surface area contributed by atoms with Gasteiger partial charge in [-0.25, -0.2) is 9.38 Å². The van der Waals surface area contributed by atoms with Crippen molar-refractivity contribution in [1.82, 2.24) is 9.80 Å². The molecule has 0 bridgehead atoms. The van der Waals surface area contributed by atoms with Gasteiger partial charge in [0.2, 0.25) is 0 Å². The minimum absolute atomic E-state index is 0.0802. The van der Waals surface area contributed by atoms with Gasteiger partial charge in [-0.05, 0) is 106 Å². The molecule has 1 fully saturated rings. The number of aliphatic hydroxyl groups excluding tert-OH is 1. The molecule has 1 aliphatic heterocycles. The molecule has 3 rings (SSSR count). The SMILES string of the molecule is C=C/C=C(\N=C(C)Nc1ccc(CN2CCC(N(C)CC(=C)/C=C(/C)CO)CC2)cc1)c1ccc(F)cc1. The topological polar surface area (TPSA) is 51.1 Å². The summed E-state index contributed by atoms with van der Waals surface area (Å²) in [6.45, 7) is 15.7. The molecule has 6 heteroatoms. The van der Waals surface area contributed by atoms with E-state index in [4.69, 9.17) is 0 Å². The normalized spacial score (nSPS) is 16.1. The van der Waals surface area contributed by atoms with E-state index < -0.39 is 0 Å². The summed E-state index contributed by atoms with van der Waals surface area (Å²) < 4.78 is 13.3. The summed E-state index contributed by atoms with van der Waals surface area (Å²) in [7, 11) is 2.17. The molecule has 0 saturated carbocycles. The Balaban J connectivity index is 1.50. The number of allylic oxidation sites excluding steroid dienone is 2. The van der Waals surface area contributed by atoms with Gasteiger partial charge >= 0.3 is 0 Å². The van der Waals surface area contributed by atoms with Gasteiger partial charge < -0.3 is 10.4 Å². The van der Waals surface area contributed by atoms with Gasteiger partial charge in [0.1, 0.15) is 11.7 Å². The van der Waals surface area contributed by atoms with E-state index in [1.807, 2.05) is 26.0 Å². The van der Waals surface area contributed by atoms with Crippen molar-refractivity contribution in [2.75, 3.05) is 38.6 Å². The Morgan fingerprint density at radius 2 is 1.79 bits per heavy atom. The van der Waals surface area contributed by atoms with E-state index >= 15 is 0 Å². The average molecular weight is 517 g/mol. The number of nitrogens with one attached hydrogen (secondary N) is 1. The van der Waals surface area contributed by atoms with Crippen LogP contribution in [0.2, 0.25) is 0 Å². The largest absolute Gasteiger partial charge is 0.392 e. The number of benzene rings is 2. The van der Waals surface area contributed by atoms with Crippen LogP contribution in [-0.4, -0.2) is 60.1 Å². The molecule has 0 aromatic heterocycles. The molecule has 2 aromatic rings. The lowest BCUT2D eigenvalue weighted by Crippen LogP contribution is -2.43. The van der Waals surface area contributed by atoms with E-state index in [1.54, 1.807) is 18.2 Å². The van der Waals surface area contributed by atoms with Crippen LogP contribution >= 0.6 is 0 Å². The van der Waals surface area contributed by atoms with Crippen molar-refractivity contribution in [3.63, 3.8) is 0 Å². The summed E-state index contributed by atoms with van der Waals surface area (Å²) in [5, 5.41) is 12.6. The van der Waals surface area contributed by atoms with Crippen LogP contribution in [0.15, 0.2) is 96.1 Å². The second kappa shape index (κ2) is 14.6. The van der Waals surface area contributed by atoms with Gasteiger partial charge in [-0.1, -0.05) is 37.4 Å². The number of rotatable bonds is 11. The number of hydrogen-bond donors (Lipinski definition) is 2. The summed E-state index contributed by atoms with van der Waals surface area (Å²) in [6, 6.07) is 15.3. The minimum atomic E-state index is -0.272. The van der Waals surface area contributed by atoms with Crippen LogP contribution in [0.5, 0.6) is 0 Å². The van der Waals surface area contributed by atoms with Crippen molar-refractivity contribution >= 4 is 17.2 Å². The first-order chi connectivity index (χ1) is 18.3. The molecule has 1 heterocycles. The zero-order valence-corrected chi connectivity index (χ0v) is 23.0. The van der Waals surface area contributed by atoms with Crippen LogP contribution in [0, 0.1) is 5.82 Å². The Morgan fingerprint density at radius 3 is 2.39 bits per heavy atom. The fourth-order valence-corrected chi connectivity index (χ4v) is 4.71. The molecular weight excluding hydrogens is 475 g/mol. The van der Waals surface area contributed by atoms with Crippen molar-refractivity contribution in [2.24, 2.45) is 4.99 Å². The summed E-state index contributed by atoms with van der Waals surface area (Å²) in [5.41, 5.74) is 5.79. The summed E-state index contributed by atoms with van der Waals surface area (Å²) in [4.78, 5) is 9.57. The first-order valence-corrected chi connectivity index (χ1v) is 13.2. The highest BCUT2D eigenvalue weighted by Gasteiger charge is 2.22. The smallest absolute Gasteiger partial charge is 0.123 e. The number of piperidine rings is 1. The van der Waals surface area contributed by atoms with Crippen LogP contribution in [0.4, 0.5) is 10.1 Å². The van der Waals surface area contributed by atoms with Gasteiger partial charge in [-0.15, -0.1) is 0 Å². The van der Waals surface area contributed by atoms with E-state index in [2.05, 4.69) is 64.6 Å². The van der Waals surface area contributed by atoms with Crippen molar-refractivity contribution in [3.8, 4) is 0 Å².